The lowest BCUT2D eigenvalue weighted by molar-refractivity contribution is 0.317. The first-order valence-electron chi connectivity index (χ1n) is 7.93. The molecule has 2 bridgehead atoms. The number of allylic oxidation sites excluding steroid dienone is 1. The van der Waals surface area contributed by atoms with Gasteiger partial charge in [-0.3, -0.25) is 0 Å². The van der Waals surface area contributed by atoms with Crippen molar-refractivity contribution in [2.24, 2.45) is 11.8 Å². The Morgan fingerprint density at radius 2 is 1.83 bits per heavy atom. The SMILES string of the molecule is O=S(=O)(NC1C2C=CCC1Cc1ccccc1C2)c1cccs1. The second-order valence-corrected chi connectivity index (χ2v) is 9.23. The van der Waals surface area contributed by atoms with Gasteiger partial charge in [0.25, 0.3) is 0 Å². The maximum atomic E-state index is 12.7. The molecule has 0 fully saturated rings. The van der Waals surface area contributed by atoms with Crippen LogP contribution >= 0.6 is 11.3 Å². The lowest BCUT2D eigenvalue weighted by Gasteiger charge is -2.33. The van der Waals surface area contributed by atoms with E-state index in [2.05, 4.69) is 41.1 Å². The Bertz CT molecular complexity index is 824. The molecule has 0 spiro atoms. The fourth-order valence-electron chi connectivity index (χ4n) is 3.78. The van der Waals surface area contributed by atoms with E-state index in [1.165, 1.54) is 22.5 Å². The van der Waals surface area contributed by atoms with Gasteiger partial charge in [-0.05, 0) is 53.7 Å². The average Bonchev–Trinajstić information content (AvgIpc) is 3.05. The molecule has 120 valence electrons. The van der Waals surface area contributed by atoms with Crippen LogP contribution in [0.5, 0.6) is 0 Å². The Morgan fingerprint density at radius 1 is 1.04 bits per heavy atom. The molecule has 2 aromatic rings. The van der Waals surface area contributed by atoms with E-state index < -0.39 is 10.0 Å². The van der Waals surface area contributed by atoms with Crippen LogP contribution in [0.3, 0.4) is 0 Å². The molecule has 1 aromatic heterocycles. The van der Waals surface area contributed by atoms with Crippen molar-refractivity contribution in [3.05, 3.63) is 65.1 Å². The van der Waals surface area contributed by atoms with E-state index >= 15 is 0 Å². The summed E-state index contributed by atoms with van der Waals surface area (Å²) in [7, 11) is -3.43. The molecule has 4 rings (SSSR count). The van der Waals surface area contributed by atoms with E-state index in [1.807, 2.05) is 0 Å². The van der Waals surface area contributed by atoms with Crippen LogP contribution in [-0.2, 0) is 22.9 Å². The first-order chi connectivity index (χ1) is 11.1. The monoisotopic (exact) mass is 345 g/mol. The third-order valence-electron chi connectivity index (χ3n) is 4.90. The van der Waals surface area contributed by atoms with E-state index in [4.69, 9.17) is 0 Å². The van der Waals surface area contributed by atoms with Crippen molar-refractivity contribution < 1.29 is 8.42 Å². The molecular weight excluding hydrogens is 326 g/mol. The molecule has 0 saturated heterocycles. The molecular formula is C18H19NO2S2. The second kappa shape index (κ2) is 5.89. The Balaban J connectivity index is 1.66. The molecule has 1 aromatic carbocycles. The van der Waals surface area contributed by atoms with Gasteiger partial charge in [0.2, 0.25) is 10.0 Å². The van der Waals surface area contributed by atoms with Crippen LogP contribution in [0.1, 0.15) is 17.5 Å². The molecule has 2 aliphatic carbocycles. The molecule has 0 radical (unpaired) electrons. The highest BCUT2D eigenvalue weighted by molar-refractivity contribution is 7.91. The molecule has 5 heteroatoms. The number of sulfonamides is 1. The summed E-state index contributed by atoms with van der Waals surface area (Å²) in [5, 5.41) is 1.80. The number of benzene rings is 1. The Kier molecular flexibility index (Phi) is 3.87. The summed E-state index contributed by atoms with van der Waals surface area (Å²) in [6, 6.07) is 11.9. The molecule has 0 amide bonds. The van der Waals surface area contributed by atoms with Crippen LogP contribution in [0.25, 0.3) is 0 Å². The van der Waals surface area contributed by atoms with Gasteiger partial charge >= 0.3 is 0 Å². The molecule has 0 aliphatic heterocycles. The van der Waals surface area contributed by atoms with Gasteiger partial charge in [-0.2, -0.15) is 0 Å². The second-order valence-electron chi connectivity index (χ2n) is 6.34. The number of rotatable bonds is 3. The normalized spacial score (nSPS) is 26.5. The average molecular weight is 345 g/mol. The van der Waals surface area contributed by atoms with Gasteiger partial charge in [0.15, 0.2) is 0 Å². The number of fused-ring (bicyclic) bond motifs is 3. The summed E-state index contributed by atoms with van der Waals surface area (Å²) in [4.78, 5) is 0. The predicted molar refractivity (Wildman–Crippen MR) is 93.0 cm³/mol. The summed E-state index contributed by atoms with van der Waals surface area (Å²) >= 11 is 1.27. The highest BCUT2D eigenvalue weighted by Crippen LogP contribution is 2.35. The van der Waals surface area contributed by atoms with E-state index in [0.29, 0.717) is 10.1 Å². The van der Waals surface area contributed by atoms with E-state index in [1.54, 1.807) is 17.5 Å². The number of nitrogens with one attached hydrogen (secondary N) is 1. The molecule has 0 saturated carbocycles. The van der Waals surface area contributed by atoms with E-state index in [9.17, 15) is 8.42 Å². The van der Waals surface area contributed by atoms with Crippen LogP contribution in [0.4, 0.5) is 0 Å². The van der Waals surface area contributed by atoms with Gasteiger partial charge in [0.1, 0.15) is 4.21 Å². The maximum Gasteiger partial charge on any atom is 0.250 e. The van der Waals surface area contributed by atoms with Crippen molar-refractivity contribution in [1.82, 2.24) is 4.72 Å². The maximum absolute atomic E-state index is 12.7. The summed E-state index contributed by atoms with van der Waals surface area (Å²) in [6.45, 7) is 0. The molecule has 1 N–H and O–H groups in total. The van der Waals surface area contributed by atoms with E-state index in [-0.39, 0.29) is 12.0 Å². The molecule has 3 atom stereocenters. The van der Waals surface area contributed by atoms with Crippen molar-refractivity contribution in [3.63, 3.8) is 0 Å². The van der Waals surface area contributed by atoms with Crippen LogP contribution in [0.2, 0.25) is 0 Å². The molecule has 3 nitrogen and oxygen atoms in total. The minimum absolute atomic E-state index is 0.0282. The van der Waals surface area contributed by atoms with Gasteiger partial charge < -0.3 is 0 Å². The van der Waals surface area contributed by atoms with Crippen molar-refractivity contribution >= 4 is 21.4 Å². The Labute approximate surface area is 141 Å². The summed E-state index contributed by atoms with van der Waals surface area (Å²) in [5.41, 5.74) is 2.72. The first-order valence-corrected chi connectivity index (χ1v) is 10.3. The zero-order valence-electron chi connectivity index (χ0n) is 12.7. The number of hydrogen-bond donors (Lipinski definition) is 1. The van der Waals surface area contributed by atoms with Gasteiger partial charge in [-0.1, -0.05) is 42.5 Å². The number of hydrogen-bond acceptors (Lipinski definition) is 3. The highest BCUT2D eigenvalue weighted by atomic mass is 32.2. The molecule has 23 heavy (non-hydrogen) atoms. The van der Waals surface area contributed by atoms with Crippen LogP contribution < -0.4 is 4.72 Å². The Hall–Kier alpha value is -1.43. The summed E-state index contributed by atoms with van der Waals surface area (Å²) in [6.07, 6.45) is 7.19. The minimum Gasteiger partial charge on any atom is -0.206 e. The molecule has 1 heterocycles. The van der Waals surface area contributed by atoms with Crippen LogP contribution in [0, 0.1) is 11.8 Å². The molecule has 2 aliphatic rings. The predicted octanol–water partition coefficient (Wildman–Crippen LogP) is 3.39. The molecule has 3 unspecified atom stereocenters. The first kappa shape index (κ1) is 15.1. The van der Waals surface area contributed by atoms with Crippen LogP contribution in [0.15, 0.2) is 58.1 Å². The zero-order chi connectivity index (χ0) is 15.9. The Morgan fingerprint density at radius 3 is 2.57 bits per heavy atom. The number of thiophene rings is 1. The highest BCUT2D eigenvalue weighted by Gasteiger charge is 2.37. The lowest BCUT2D eigenvalue weighted by Crippen LogP contribution is -2.46. The van der Waals surface area contributed by atoms with Crippen molar-refractivity contribution in [2.45, 2.75) is 29.5 Å². The fraction of sp³-hybridized carbons (Fsp3) is 0.333. The smallest absolute Gasteiger partial charge is 0.206 e. The van der Waals surface area contributed by atoms with Gasteiger partial charge in [0.05, 0.1) is 0 Å². The van der Waals surface area contributed by atoms with Gasteiger partial charge in [-0.25, -0.2) is 13.1 Å². The van der Waals surface area contributed by atoms with Crippen molar-refractivity contribution in [3.8, 4) is 0 Å². The summed E-state index contributed by atoms with van der Waals surface area (Å²) < 4.78 is 28.7. The van der Waals surface area contributed by atoms with Crippen LogP contribution in [-0.4, -0.2) is 14.5 Å². The fourth-order valence-corrected chi connectivity index (χ4v) is 6.14. The summed E-state index contributed by atoms with van der Waals surface area (Å²) in [5.74, 6) is 0.551. The van der Waals surface area contributed by atoms with Gasteiger partial charge in [0, 0.05) is 6.04 Å². The van der Waals surface area contributed by atoms with Gasteiger partial charge in [-0.15, -0.1) is 11.3 Å². The third kappa shape index (κ3) is 2.89. The zero-order valence-corrected chi connectivity index (χ0v) is 14.3. The van der Waals surface area contributed by atoms with Crippen molar-refractivity contribution in [2.75, 3.05) is 0 Å². The minimum atomic E-state index is -3.43. The van der Waals surface area contributed by atoms with Crippen molar-refractivity contribution in [1.29, 1.82) is 0 Å². The lowest BCUT2D eigenvalue weighted by atomic mass is 9.80. The topological polar surface area (TPSA) is 46.2 Å². The van der Waals surface area contributed by atoms with E-state index in [0.717, 1.165) is 19.3 Å². The standard InChI is InChI=1S/C18H19NO2S2/c20-23(21,17-9-4-10-22-17)19-18-15-7-3-8-16(18)12-14-6-2-1-5-13(14)11-15/h1-7,9-10,15-16,18-19H,8,11-12H2. The largest absolute Gasteiger partial charge is 0.250 e. The quantitative estimate of drug-likeness (QED) is 0.867. The third-order valence-corrected chi connectivity index (χ3v) is 7.76.